The lowest BCUT2D eigenvalue weighted by atomic mass is 9.77. The van der Waals surface area contributed by atoms with Gasteiger partial charge in [-0.15, -0.1) is 0 Å². The summed E-state index contributed by atoms with van der Waals surface area (Å²) in [5.74, 6) is 0.166. The third kappa shape index (κ3) is 8.23. The van der Waals surface area contributed by atoms with E-state index in [1.807, 2.05) is 12.1 Å². The van der Waals surface area contributed by atoms with E-state index < -0.39 is 17.2 Å². The van der Waals surface area contributed by atoms with E-state index in [-0.39, 0.29) is 0 Å². The molecule has 0 aromatic heterocycles. The van der Waals surface area contributed by atoms with Gasteiger partial charge < -0.3 is 0 Å². The maximum Gasteiger partial charge on any atom is 0.144 e. The molecule has 0 aliphatic heterocycles. The van der Waals surface area contributed by atoms with Gasteiger partial charge in [0.1, 0.15) is 23.3 Å². The molecule has 1 aliphatic rings. The lowest BCUT2D eigenvalue weighted by molar-refractivity contribution is 0.248. The molecule has 184 valence electrons. The Bertz CT molecular complexity index is 881. The summed E-state index contributed by atoms with van der Waals surface area (Å²) >= 11 is 0. The highest BCUT2D eigenvalue weighted by Gasteiger charge is 2.20. The summed E-state index contributed by atoms with van der Waals surface area (Å²) in [6, 6.07) is 12.0. The maximum atomic E-state index is 13.9. The fourth-order valence-electron chi connectivity index (χ4n) is 5.46. The minimum absolute atomic E-state index is 0.468. The Labute approximate surface area is 205 Å². The van der Waals surface area contributed by atoms with E-state index in [0.717, 1.165) is 23.8 Å². The molecule has 3 heteroatoms. The quantitative estimate of drug-likeness (QED) is 0.270. The van der Waals surface area contributed by atoms with Gasteiger partial charge in [0, 0.05) is 0 Å². The number of unbranched alkanes of at least 4 members (excludes halogenated alkanes) is 7. The van der Waals surface area contributed by atoms with Gasteiger partial charge in [-0.1, -0.05) is 115 Å². The number of aryl methyl sites for hydroxylation is 1. The summed E-state index contributed by atoms with van der Waals surface area (Å²) in [7, 11) is 0. The molecule has 3 rings (SSSR count). The number of hydrogen-bond donors (Lipinski definition) is 0. The van der Waals surface area contributed by atoms with Crippen molar-refractivity contribution >= 4 is 0 Å². The van der Waals surface area contributed by atoms with Gasteiger partial charge in [-0.05, 0) is 53.5 Å². The SMILES string of the molecule is CCCCCCCCCCC1CCC(CCc2ccc(-c3cc(F)c(C#N)c(F)c3)cc2)CC1. The Kier molecular flexibility index (Phi) is 11.1. The number of nitriles is 1. The summed E-state index contributed by atoms with van der Waals surface area (Å²) in [6.45, 7) is 2.28. The predicted molar refractivity (Wildman–Crippen MR) is 138 cm³/mol. The van der Waals surface area contributed by atoms with Crippen molar-refractivity contribution in [3.63, 3.8) is 0 Å². The summed E-state index contributed by atoms with van der Waals surface area (Å²) in [5.41, 5.74) is 2.00. The van der Waals surface area contributed by atoms with Crippen LogP contribution in [0.3, 0.4) is 0 Å². The molecular weight excluding hydrogens is 424 g/mol. The van der Waals surface area contributed by atoms with E-state index in [4.69, 9.17) is 5.26 Å². The van der Waals surface area contributed by atoms with Gasteiger partial charge >= 0.3 is 0 Å². The first-order valence-electron chi connectivity index (χ1n) is 13.6. The van der Waals surface area contributed by atoms with E-state index in [1.165, 1.54) is 108 Å². The van der Waals surface area contributed by atoms with Crippen LogP contribution in [-0.4, -0.2) is 0 Å². The van der Waals surface area contributed by atoms with E-state index in [9.17, 15) is 8.78 Å². The number of hydrogen-bond acceptors (Lipinski definition) is 1. The van der Waals surface area contributed by atoms with E-state index in [1.54, 1.807) is 6.07 Å². The minimum atomic E-state index is -0.806. The Morgan fingerprint density at radius 3 is 1.82 bits per heavy atom. The van der Waals surface area contributed by atoms with Crippen molar-refractivity contribution in [1.29, 1.82) is 5.26 Å². The van der Waals surface area contributed by atoms with Crippen LogP contribution >= 0.6 is 0 Å². The Balaban J connectivity index is 1.34. The summed E-state index contributed by atoms with van der Waals surface area (Å²) in [4.78, 5) is 0. The molecule has 1 saturated carbocycles. The average molecular weight is 466 g/mol. The summed E-state index contributed by atoms with van der Waals surface area (Å²) in [6.07, 6.45) is 20.5. The molecular formula is C31H41F2N. The molecule has 2 aromatic rings. The highest BCUT2D eigenvalue weighted by atomic mass is 19.1. The van der Waals surface area contributed by atoms with Crippen molar-refractivity contribution in [3.8, 4) is 17.2 Å². The van der Waals surface area contributed by atoms with Crippen LogP contribution in [0.15, 0.2) is 36.4 Å². The molecule has 1 nitrogen and oxygen atoms in total. The molecule has 0 N–H and O–H groups in total. The first-order valence-corrected chi connectivity index (χ1v) is 13.6. The molecule has 1 aliphatic carbocycles. The number of nitrogens with zero attached hydrogens (tertiary/aromatic N) is 1. The second-order valence-corrected chi connectivity index (χ2v) is 10.3. The van der Waals surface area contributed by atoms with Gasteiger partial charge in [0.15, 0.2) is 0 Å². The highest BCUT2D eigenvalue weighted by molar-refractivity contribution is 5.65. The fraction of sp³-hybridized carbons (Fsp3) is 0.581. The zero-order valence-corrected chi connectivity index (χ0v) is 20.9. The average Bonchev–Trinajstić information content (AvgIpc) is 2.85. The first-order chi connectivity index (χ1) is 16.6. The lowest BCUT2D eigenvalue weighted by Gasteiger charge is -2.28. The van der Waals surface area contributed by atoms with E-state index >= 15 is 0 Å². The smallest absolute Gasteiger partial charge is 0.144 e. The zero-order chi connectivity index (χ0) is 24.2. The highest BCUT2D eigenvalue weighted by Crippen LogP contribution is 2.34. The minimum Gasteiger partial charge on any atom is -0.205 e. The van der Waals surface area contributed by atoms with E-state index in [2.05, 4.69) is 19.1 Å². The molecule has 0 amide bonds. The van der Waals surface area contributed by atoms with Crippen LogP contribution in [0, 0.1) is 34.8 Å². The molecule has 0 spiro atoms. The maximum absolute atomic E-state index is 13.9. The molecule has 0 radical (unpaired) electrons. The zero-order valence-electron chi connectivity index (χ0n) is 20.9. The molecule has 0 bridgehead atoms. The molecule has 0 unspecified atom stereocenters. The van der Waals surface area contributed by atoms with Crippen molar-refractivity contribution < 1.29 is 8.78 Å². The van der Waals surface area contributed by atoms with Crippen molar-refractivity contribution in [1.82, 2.24) is 0 Å². The number of halogens is 2. The third-order valence-corrected chi connectivity index (χ3v) is 7.71. The Morgan fingerprint density at radius 2 is 1.26 bits per heavy atom. The Morgan fingerprint density at radius 1 is 0.735 bits per heavy atom. The van der Waals surface area contributed by atoms with Crippen LogP contribution in [0.4, 0.5) is 8.78 Å². The second-order valence-electron chi connectivity index (χ2n) is 10.3. The van der Waals surface area contributed by atoms with Gasteiger partial charge in [0.25, 0.3) is 0 Å². The molecule has 0 atom stereocenters. The summed E-state index contributed by atoms with van der Waals surface area (Å²) in [5, 5.41) is 8.84. The van der Waals surface area contributed by atoms with Crippen molar-refractivity contribution in [2.45, 2.75) is 103 Å². The second kappa shape index (κ2) is 14.2. The monoisotopic (exact) mass is 465 g/mol. The lowest BCUT2D eigenvalue weighted by Crippen LogP contribution is -2.15. The van der Waals surface area contributed by atoms with Crippen LogP contribution in [0.5, 0.6) is 0 Å². The van der Waals surface area contributed by atoms with Crippen LogP contribution in [0.1, 0.15) is 108 Å². The van der Waals surface area contributed by atoms with Gasteiger partial charge in [-0.3, -0.25) is 0 Å². The fourth-order valence-corrected chi connectivity index (χ4v) is 5.46. The standard InChI is InChI=1S/C31H41F2N/c1-2-3-4-5-6-7-8-9-10-24-11-13-25(14-12-24)15-16-26-17-19-27(20-18-26)28-21-30(32)29(23-34)31(33)22-28/h17-22,24-25H,2-16H2,1H3. The predicted octanol–water partition coefficient (Wildman–Crippen LogP) is 9.77. The number of benzene rings is 2. The van der Waals surface area contributed by atoms with Crippen LogP contribution in [0.2, 0.25) is 0 Å². The molecule has 1 fully saturated rings. The van der Waals surface area contributed by atoms with Gasteiger partial charge in [-0.25, -0.2) is 8.78 Å². The number of rotatable bonds is 13. The Hall–Kier alpha value is -2.21. The van der Waals surface area contributed by atoms with Gasteiger partial charge in [0.05, 0.1) is 0 Å². The third-order valence-electron chi connectivity index (χ3n) is 7.71. The van der Waals surface area contributed by atoms with E-state index in [0.29, 0.717) is 5.56 Å². The van der Waals surface area contributed by atoms with Crippen molar-refractivity contribution in [2.24, 2.45) is 11.8 Å². The molecule has 34 heavy (non-hydrogen) atoms. The largest absolute Gasteiger partial charge is 0.205 e. The van der Waals surface area contributed by atoms with Gasteiger partial charge in [-0.2, -0.15) is 5.26 Å². The van der Waals surface area contributed by atoms with Crippen LogP contribution in [0.25, 0.3) is 11.1 Å². The van der Waals surface area contributed by atoms with Crippen LogP contribution in [-0.2, 0) is 6.42 Å². The van der Waals surface area contributed by atoms with Crippen molar-refractivity contribution in [3.05, 3.63) is 59.2 Å². The molecule has 0 heterocycles. The normalized spacial score (nSPS) is 18.1. The summed E-state index contributed by atoms with van der Waals surface area (Å²) < 4.78 is 27.8. The van der Waals surface area contributed by atoms with Crippen LogP contribution < -0.4 is 0 Å². The van der Waals surface area contributed by atoms with Crippen molar-refractivity contribution in [2.75, 3.05) is 0 Å². The molecule has 2 aromatic carbocycles. The molecule has 0 saturated heterocycles. The van der Waals surface area contributed by atoms with Gasteiger partial charge in [0.2, 0.25) is 0 Å². The first kappa shape index (κ1) is 26.4. The topological polar surface area (TPSA) is 23.8 Å².